The van der Waals surface area contributed by atoms with Gasteiger partial charge >= 0.3 is 0 Å². The molecule has 1 aliphatic heterocycles. The third kappa shape index (κ3) is 2.22. The molecule has 0 saturated carbocycles. The second kappa shape index (κ2) is 4.76. The third-order valence-electron chi connectivity index (χ3n) is 2.89. The van der Waals surface area contributed by atoms with Crippen LogP contribution in [0.1, 0.15) is 6.42 Å². The lowest BCUT2D eigenvalue weighted by Gasteiger charge is -2.19. The Hall–Kier alpha value is -0.910. The molecule has 0 spiro atoms. The van der Waals surface area contributed by atoms with Crippen LogP contribution in [0.5, 0.6) is 0 Å². The molecule has 1 aliphatic rings. The Balaban J connectivity index is 1.98. The molecule has 1 saturated heterocycles. The Labute approximate surface area is 109 Å². The molecule has 1 fully saturated rings. The number of rotatable bonds is 1. The summed E-state index contributed by atoms with van der Waals surface area (Å²) in [7, 11) is 0. The first kappa shape index (κ1) is 11.2. The fourth-order valence-corrected chi connectivity index (χ4v) is 3.04. The molecule has 0 aromatic carbocycles. The number of hydrogen-bond donors (Lipinski definition) is 1. The Morgan fingerprint density at radius 3 is 3.18 bits per heavy atom. The Kier molecular flexibility index (Phi) is 3.13. The highest BCUT2D eigenvalue weighted by Crippen LogP contribution is 2.27. The lowest BCUT2D eigenvalue weighted by Crippen LogP contribution is -2.29. The highest BCUT2D eigenvalue weighted by Gasteiger charge is 2.14. The Morgan fingerprint density at radius 2 is 2.24 bits per heavy atom. The summed E-state index contributed by atoms with van der Waals surface area (Å²) in [6.45, 7) is 3.96. The maximum Gasteiger partial charge on any atom is 0.228 e. The number of nitrogens with one attached hydrogen (secondary N) is 1. The third-order valence-corrected chi connectivity index (χ3v) is 3.98. The van der Waals surface area contributed by atoms with Gasteiger partial charge in [0.25, 0.3) is 0 Å². The van der Waals surface area contributed by atoms with Crippen LogP contribution in [0.4, 0.5) is 5.95 Å². The lowest BCUT2D eigenvalue weighted by atomic mass is 10.4. The first-order valence-electron chi connectivity index (χ1n) is 5.71. The molecule has 0 atom stereocenters. The first-order chi connectivity index (χ1) is 8.34. The van der Waals surface area contributed by atoms with E-state index in [4.69, 9.17) is 11.6 Å². The zero-order valence-corrected chi connectivity index (χ0v) is 10.9. The molecular weight excluding hydrogens is 256 g/mol. The molecule has 0 aliphatic carbocycles. The molecule has 4 nitrogen and oxygen atoms in total. The van der Waals surface area contributed by atoms with Gasteiger partial charge in [0.15, 0.2) is 0 Å². The highest BCUT2D eigenvalue weighted by molar-refractivity contribution is 7.16. The van der Waals surface area contributed by atoms with E-state index >= 15 is 0 Å². The summed E-state index contributed by atoms with van der Waals surface area (Å²) in [5, 5.41) is 6.88. The normalized spacial score (nSPS) is 17.4. The van der Waals surface area contributed by atoms with Gasteiger partial charge in [0.1, 0.15) is 9.98 Å². The molecule has 0 unspecified atom stereocenters. The largest absolute Gasteiger partial charge is 0.339 e. The number of fused-ring (bicyclic) bond motifs is 1. The standard InChI is InChI=1S/C11H13ClN4S/c12-9-8-2-7-17-10(8)15-11(14-9)16-5-1-3-13-4-6-16/h2,7,13H,1,3-6H2. The van der Waals surface area contributed by atoms with Crippen molar-refractivity contribution in [3.05, 3.63) is 16.6 Å². The number of nitrogens with zero attached hydrogens (tertiary/aromatic N) is 3. The topological polar surface area (TPSA) is 41.1 Å². The fourth-order valence-electron chi connectivity index (χ4n) is 2.00. The summed E-state index contributed by atoms with van der Waals surface area (Å²) in [6, 6.07) is 1.97. The monoisotopic (exact) mass is 268 g/mol. The number of aromatic nitrogens is 2. The average Bonchev–Trinajstić information content (AvgIpc) is 2.63. The van der Waals surface area contributed by atoms with E-state index in [0.29, 0.717) is 5.15 Å². The van der Waals surface area contributed by atoms with Crippen LogP contribution >= 0.6 is 22.9 Å². The van der Waals surface area contributed by atoms with Gasteiger partial charge in [-0.3, -0.25) is 0 Å². The predicted molar refractivity (Wildman–Crippen MR) is 72.1 cm³/mol. The number of anilines is 1. The van der Waals surface area contributed by atoms with Crippen LogP contribution in [0, 0.1) is 0 Å². The van der Waals surface area contributed by atoms with Gasteiger partial charge in [0.2, 0.25) is 5.95 Å². The Bertz CT molecular complexity index is 519. The van der Waals surface area contributed by atoms with Crippen molar-refractivity contribution >= 4 is 39.1 Å². The maximum absolute atomic E-state index is 6.18. The minimum absolute atomic E-state index is 0.559. The van der Waals surface area contributed by atoms with Gasteiger partial charge in [-0.15, -0.1) is 11.3 Å². The van der Waals surface area contributed by atoms with Gasteiger partial charge in [-0.1, -0.05) is 11.6 Å². The predicted octanol–water partition coefficient (Wildman–Crippen LogP) is 2.14. The van der Waals surface area contributed by atoms with Crippen LogP contribution in [0.2, 0.25) is 5.15 Å². The molecule has 17 heavy (non-hydrogen) atoms. The van der Waals surface area contributed by atoms with E-state index in [-0.39, 0.29) is 0 Å². The van der Waals surface area contributed by atoms with Crippen LogP contribution in [0.25, 0.3) is 10.2 Å². The molecule has 1 N–H and O–H groups in total. The van der Waals surface area contributed by atoms with Crippen LogP contribution in [0.3, 0.4) is 0 Å². The second-order valence-corrected chi connectivity index (χ2v) is 5.30. The van der Waals surface area contributed by atoms with Gasteiger partial charge in [0, 0.05) is 25.0 Å². The quantitative estimate of drug-likeness (QED) is 0.805. The summed E-state index contributed by atoms with van der Waals surface area (Å²) in [5.74, 6) is 0.758. The fraction of sp³-hybridized carbons (Fsp3) is 0.455. The van der Waals surface area contributed by atoms with Crippen molar-refractivity contribution in [2.45, 2.75) is 6.42 Å². The summed E-state index contributed by atoms with van der Waals surface area (Å²) in [5.41, 5.74) is 0. The van der Waals surface area contributed by atoms with Crippen molar-refractivity contribution in [2.24, 2.45) is 0 Å². The van der Waals surface area contributed by atoms with Crippen LogP contribution < -0.4 is 10.2 Å². The molecule has 6 heteroatoms. The number of hydrogen-bond acceptors (Lipinski definition) is 5. The van der Waals surface area contributed by atoms with E-state index in [1.54, 1.807) is 11.3 Å². The summed E-state index contributed by atoms with van der Waals surface area (Å²) < 4.78 is 0. The van der Waals surface area contributed by atoms with Crippen molar-refractivity contribution in [3.8, 4) is 0 Å². The maximum atomic E-state index is 6.18. The van der Waals surface area contributed by atoms with Gasteiger partial charge in [-0.2, -0.15) is 0 Å². The van der Waals surface area contributed by atoms with E-state index in [9.17, 15) is 0 Å². The van der Waals surface area contributed by atoms with Crippen molar-refractivity contribution < 1.29 is 0 Å². The molecule has 90 valence electrons. The van der Waals surface area contributed by atoms with E-state index in [0.717, 1.165) is 48.8 Å². The molecule has 0 amide bonds. The molecule has 3 heterocycles. The van der Waals surface area contributed by atoms with Crippen LogP contribution in [-0.2, 0) is 0 Å². The molecule has 2 aromatic heterocycles. The zero-order chi connectivity index (χ0) is 11.7. The smallest absolute Gasteiger partial charge is 0.228 e. The molecule has 0 bridgehead atoms. The second-order valence-electron chi connectivity index (χ2n) is 4.04. The van der Waals surface area contributed by atoms with E-state index in [1.165, 1.54) is 0 Å². The van der Waals surface area contributed by atoms with Gasteiger partial charge in [-0.05, 0) is 24.4 Å². The lowest BCUT2D eigenvalue weighted by molar-refractivity contribution is 0.724. The minimum atomic E-state index is 0.559. The minimum Gasteiger partial charge on any atom is -0.339 e. The van der Waals surface area contributed by atoms with Crippen molar-refractivity contribution in [1.29, 1.82) is 0 Å². The van der Waals surface area contributed by atoms with Crippen LogP contribution in [0.15, 0.2) is 11.4 Å². The molecule has 3 rings (SSSR count). The Morgan fingerprint density at radius 1 is 1.29 bits per heavy atom. The number of thiophene rings is 1. The van der Waals surface area contributed by atoms with Crippen LogP contribution in [-0.4, -0.2) is 36.1 Å². The molecule has 0 radical (unpaired) electrons. The summed E-state index contributed by atoms with van der Waals surface area (Å²) in [6.07, 6.45) is 1.11. The SMILES string of the molecule is Clc1nc(N2CCCNCC2)nc2sccc12. The van der Waals surface area contributed by atoms with Gasteiger partial charge in [-0.25, -0.2) is 9.97 Å². The average molecular weight is 269 g/mol. The summed E-state index contributed by atoms with van der Waals surface area (Å²) in [4.78, 5) is 12.1. The van der Waals surface area contributed by atoms with E-state index < -0.39 is 0 Å². The van der Waals surface area contributed by atoms with Crippen molar-refractivity contribution in [1.82, 2.24) is 15.3 Å². The van der Waals surface area contributed by atoms with E-state index in [1.807, 2.05) is 11.4 Å². The van der Waals surface area contributed by atoms with E-state index in [2.05, 4.69) is 20.2 Å². The van der Waals surface area contributed by atoms with Gasteiger partial charge < -0.3 is 10.2 Å². The van der Waals surface area contributed by atoms with Crippen molar-refractivity contribution in [3.63, 3.8) is 0 Å². The van der Waals surface area contributed by atoms with Gasteiger partial charge in [0.05, 0.1) is 0 Å². The molecule has 2 aromatic rings. The van der Waals surface area contributed by atoms with Crippen molar-refractivity contribution in [2.75, 3.05) is 31.1 Å². The zero-order valence-electron chi connectivity index (χ0n) is 9.32. The first-order valence-corrected chi connectivity index (χ1v) is 6.97. The summed E-state index contributed by atoms with van der Waals surface area (Å²) >= 11 is 7.78. The molecular formula is C11H13ClN4S. The number of halogens is 1. The highest BCUT2D eigenvalue weighted by atomic mass is 35.5.